The number of thiol groups is 3. The molecule has 0 fully saturated rings. The van der Waals surface area contributed by atoms with Gasteiger partial charge >= 0.3 is 17.9 Å². The highest BCUT2D eigenvalue weighted by Gasteiger charge is 2.00. The highest BCUT2D eigenvalue weighted by atomic mass is 32.1. The van der Waals surface area contributed by atoms with Crippen LogP contribution in [0.4, 0.5) is 0 Å². The number of carboxylic acids is 3. The van der Waals surface area contributed by atoms with Crippen LogP contribution in [0, 0.1) is 5.92 Å². The fraction of sp³-hybridized carbons (Fsp3) is 0.769. The second-order valence-corrected chi connectivity index (χ2v) is 5.36. The summed E-state index contributed by atoms with van der Waals surface area (Å²) in [6.07, 6.45) is 0.468. The second-order valence-electron chi connectivity index (χ2n) is 4.02. The first-order valence-corrected chi connectivity index (χ1v) is 8.86. The molecule has 0 heterocycles. The van der Waals surface area contributed by atoms with Crippen LogP contribution in [0.3, 0.4) is 0 Å². The van der Waals surface area contributed by atoms with Gasteiger partial charge in [-0.05, 0) is 0 Å². The Labute approximate surface area is 163 Å². The molecule has 0 saturated carbocycles. The van der Waals surface area contributed by atoms with Gasteiger partial charge in [0, 0.05) is 23.2 Å². The summed E-state index contributed by atoms with van der Waals surface area (Å²) in [6, 6.07) is 0. The molecule has 6 N–H and O–H groups in total. The van der Waals surface area contributed by atoms with E-state index in [4.69, 9.17) is 30.6 Å². The maximum Gasteiger partial charge on any atom is 0.304 e. The minimum absolute atomic E-state index is 0.146. The van der Waals surface area contributed by atoms with Crippen molar-refractivity contribution in [2.24, 2.45) is 5.92 Å². The van der Waals surface area contributed by atoms with Gasteiger partial charge in [-0.15, -0.1) is 0 Å². The maximum atomic E-state index is 9.55. The zero-order chi connectivity index (χ0) is 20.7. The monoisotopic (exact) mass is 424 g/mol. The number of hydrogen-bond donors (Lipinski definition) is 9. The Bertz CT molecular complexity index is 270. The first-order valence-electron chi connectivity index (χ1n) is 6.97. The number of aliphatic hydroxyl groups is 3. The van der Waals surface area contributed by atoms with E-state index in [1.165, 1.54) is 0 Å². The van der Waals surface area contributed by atoms with E-state index in [9.17, 15) is 14.4 Å². The van der Waals surface area contributed by atoms with E-state index in [2.05, 4.69) is 37.9 Å². The van der Waals surface area contributed by atoms with Crippen LogP contribution in [0.25, 0.3) is 0 Å². The summed E-state index contributed by atoms with van der Waals surface area (Å²) in [6.45, 7) is -0.437. The molecule has 0 aromatic heterocycles. The van der Waals surface area contributed by atoms with Gasteiger partial charge in [0.05, 0.1) is 39.1 Å². The Hall–Kier alpha value is -0.660. The molecule has 0 aliphatic heterocycles. The Kier molecular flexibility index (Phi) is 36.1. The van der Waals surface area contributed by atoms with E-state index < -0.39 is 17.9 Å². The van der Waals surface area contributed by atoms with Crippen LogP contribution in [0.5, 0.6) is 0 Å². The summed E-state index contributed by atoms with van der Waals surface area (Å²) in [5.41, 5.74) is 0. The Balaban J connectivity index is -0.000000118. The van der Waals surface area contributed by atoms with Crippen LogP contribution < -0.4 is 0 Å². The van der Waals surface area contributed by atoms with Gasteiger partial charge in [-0.25, -0.2) is 0 Å². The number of carboxylic acid groups (broad SMARTS) is 3. The normalized spacial score (nSPS) is 8.76. The third-order valence-corrected chi connectivity index (χ3v) is 2.42. The number of carbonyl (C=O) groups is 3. The average Bonchev–Trinajstić information content (AvgIpc) is 2.50. The fourth-order valence-corrected chi connectivity index (χ4v) is 1.03. The molecular weight excluding hydrogens is 396 g/mol. The van der Waals surface area contributed by atoms with E-state index in [1.54, 1.807) is 0 Å². The van der Waals surface area contributed by atoms with E-state index in [0.29, 0.717) is 17.3 Å². The molecule has 0 aliphatic rings. The largest absolute Gasteiger partial charge is 0.481 e. The van der Waals surface area contributed by atoms with Gasteiger partial charge in [0.2, 0.25) is 0 Å². The molecule has 9 nitrogen and oxygen atoms in total. The van der Waals surface area contributed by atoms with Crippen LogP contribution in [0.1, 0.15) is 19.3 Å². The standard InChI is InChI=1S/C4H10O3.3C3H6O2S/c5-1-4(2-6)3-7;3*4-3(5)1-2-6/h4-7H,1-3H2;3*6H,1-2H2,(H,4,5). The molecule has 0 amide bonds. The van der Waals surface area contributed by atoms with Crippen LogP contribution in [-0.4, -0.2) is 85.6 Å². The fourth-order valence-electron chi connectivity index (χ4n) is 0.460. The van der Waals surface area contributed by atoms with Gasteiger partial charge in [-0.1, -0.05) is 0 Å². The first kappa shape index (κ1) is 32.0. The molecule has 25 heavy (non-hydrogen) atoms. The van der Waals surface area contributed by atoms with Gasteiger partial charge in [0.25, 0.3) is 0 Å². The highest BCUT2D eigenvalue weighted by molar-refractivity contribution is 7.80. The van der Waals surface area contributed by atoms with E-state index in [1.807, 2.05) is 0 Å². The quantitative estimate of drug-likeness (QED) is 0.226. The predicted octanol–water partition coefficient (Wildman–Crippen LogP) is -0.248. The SMILES string of the molecule is O=C(O)CCS.O=C(O)CCS.O=C(O)CCS.OCC(CO)CO. The highest BCUT2D eigenvalue weighted by Crippen LogP contribution is 1.87. The van der Waals surface area contributed by atoms with Gasteiger partial charge < -0.3 is 30.6 Å². The zero-order valence-corrected chi connectivity index (χ0v) is 16.4. The summed E-state index contributed by atoms with van der Waals surface area (Å²) in [4.78, 5) is 28.7. The van der Waals surface area contributed by atoms with E-state index in [-0.39, 0.29) is 45.0 Å². The summed E-state index contributed by atoms with van der Waals surface area (Å²) in [7, 11) is 0. The second kappa shape index (κ2) is 28.2. The van der Waals surface area contributed by atoms with Crippen molar-refractivity contribution in [1.82, 2.24) is 0 Å². The number of rotatable bonds is 9. The van der Waals surface area contributed by atoms with E-state index >= 15 is 0 Å². The lowest BCUT2D eigenvalue weighted by Crippen LogP contribution is -2.14. The van der Waals surface area contributed by atoms with Crippen molar-refractivity contribution in [1.29, 1.82) is 0 Å². The molecule has 0 bridgehead atoms. The molecule has 0 unspecified atom stereocenters. The van der Waals surface area contributed by atoms with Crippen molar-refractivity contribution in [3.8, 4) is 0 Å². The van der Waals surface area contributed by atoms with Crippen molar-refractivity contribution in [3.05, 3.63) is 0 Å². The van der Waals surface area contributed by atoms with Crippen molar-refractivity contribution >= 4 is 55.8 Å². The smallest absolute Gasteiger partial charge is 0.304 e. The third kappa shape index (κ3) is 51.7. The van der Waals surface area contributed by atoms with Gasteiger partial charge in [0.15, 0.2) is 0 Å². The Morgan fingerprint density at radius 1 is 0.600 bits per heavy atom. The molecule has 0 saturated heterocycles. The molecule has 152 valence electrons. The molecular formula is C13H28O9S3. The lowest BCUT2D eigenvalue weighted by atomic mass is 10.2. The average molecular weight is 425 g/mol. The molecule has 12 heteroatoms. The minimum Gasteiger partial charge on any atom is -0.481 e. The topological polar surface area (TPSA) is 173 Å². The summed E-state index contributed by atoms with van der Waals surface area (Å²) < 4.78 is 0. The third-order valence-electron chi connectivity index (χ3n) is 1.75. The molecule has 0 aromatic rings. The van der Waals surface area contributed by atoms with Crippen molar-refractivity contribution in [2.45, 2.75) is 19.3 Å². The zero-order valence-electron chi connectivity index (χ0n) is 13.7. The predicted molar refractivity (Wildman–Crippen MR) is 103 cm³/mol. The van der Waals surface area contributed by atoms with E-state index in [0.717, 1.165) is 0 Å². The Morgan fingerprint density at radius 3 is 0.800 bits per heavy atom. The Morgan fingerprint density at radius 2 is 0.800 bits per heavy atom. The van der Waals surface area contributed by atoms with Crippen LogP contribution in [-0.2, 0) is 14.4 Å². The number of hydrogen-bond acceptors (Lipinski definition) is 9. The molecule has 0 aliphatic carbocycles. The molecule has 0 radical (unpaired) electrons. The number of aliphatic carboxylic acids is 3. The molecule has 0 aromatic carbocycles. The van der Waals surface area contributed by atoms with Crippen molar-refractivity contribution in [2.75, 3.05) is 37.1 Å². The van der Waals surface area contributed by atoms with Crippen LogP contribution >= 0.6 is 37.9 Å². The summed E-state index contributed by atoms with van der Waals surface area (Å²) >= 11 is 11.0. The van der Waals surface area contributed by atoms with Crippen LogP contribution in [0.15, 0.2) is 0 Å². The van der Waals surface area contributed by atoms with Gasteiger partial charge in [0.1, 0.15) is 0 Å². The summed E-state index contributed by atoms with van der Waals surface area (Å²) in [5, 5.41) is 48.2. The summed E-state index contributed by atoms with van der Waals surface area (Å²) in [5.74, 6) is -1.43. The maximum absolute atomic E-state index is 9.55. The lowest BCUT2D eigenvalue weighted by Gasteiger charge is -2.02. The van der Waals surface area contributed by atoms with Crippen molar-refractivity contribution in [3.63, 3.8) is 0 Å². The molecule has 0 atom stereocenters. The molecule has 0 spiro atoms. The van der Waals surface area contributed by atoms with Gasteiger partial charge in [-0.3, -0.25) is 14.4 Å². The number of aliphatic hydroxyl groups excluding tert-OH is 3. The first-order chi connectivity index (χ1) is 11.7. The van der Waals surface area contributed by atoms with Gasteiger partial charge in [-0.2, -0.15) is 37.9 Å². The minimum atomic E-state index is -0.787. The molecule has 0 rings (SSSR count). The van der Waals surface area contributed by atoms with Crippen molar-refractivity contribution < 1.29 is 45.0 Å². The van der Waals surface area contributed by atoms with Crippen LogP contribution in [0.2, 0.25) is 0 Å². The lowest BCUT2D eigenvalue weighted by molar-refractivity contribution is -0.137.